The molecule has 0 amide bonds. The van der Waals surface area contributed by atoms with Crippen molar-refractivity contribution in [2.45, 2.75) is 12.2 Å². The zero-order valence-corrected chi connectivity index (χ0v) is 18.8. The van der Waals surface area contributed by atoms with Crippen LogP contribution in [0, 0.1) is 0 Å². The van der Waals surface area contributed by atoms with E-state index in [-0.39, 0.29) is 12.2 Å². The van der Waals surface area contributed by atoms with Gasteiger partial charge in [-0.15, -0.1) is 0 Å². The van der Waals surface area contributed by atoms with Crippen LogP contribution in [0.5, 0.6) is 23.0 Å². The lowest BCUT2D eigenvalue weighted by Crippen LogP contribution is -2.09. The van der Waals surface area contributed by atoms with E-state index < -0.39 is 0 Å². The van der Waals surface area contributed by atoms with Crippen LogP contribution in [0.1, 0.15) is 0 Å². The molecule has 2 atom stereocenters. The molecule has 2 heterocycles. The third-order valence-corrected chi connectivity index (χ3v) is 5.86. The van der Waals surface area contributed by atoms with E-state index in [0.29, 0.717) is 26.4 Å². The molecule has 0 N–H and O–H groups in total. The maximum Gasteiger partial charge on any atom is 0.122 e. The van der Waals surface area contributed by atoms with Crippen molar-refractivity contribution in [3.8, 4) is 23.0 Å². The van der Waals surface area contributed by atoms with Gasteiger partial charge in [0.2, 0.25) is 0 Å². The van der Waals surface area contributed by atoms with Crippen LogP contribution in [0.4, 0.5) is 0 Å². The third-order valence-electron chi connectivity index (χ3n) is 5.86. The van der Waals surface area contributed by atoms with E-state index in [4.69, 9.17) is 28.4 Å². The maximum absolute atomic E-state index is 5.91. The fraction of sp³-hybridized carbons (Fsp3) is 0.286. The minimum Gasteiger partial charge on any atom is -0.491 e. The molecule has 2 unspecified atom stereocenters. The van der Waals surface area contributed by atoms with Gasteiger partial charge in [-0.25, -0.2) is 0 Å². The van der Waals surface area contributed by atoms with E-state index in [1.165, 1.54) is 0 Å². The van der Waals surface area contributed by atoms with Crippen LogP contribution in [-0.2, 0) is 9.47 Å². The van der Waals surface area contributed by atoms with Gasteiger partial charge in [0, 0.05) is 0 Å². The molecule has 34 heavy (non-hydrogen) atoms. The molecule has 6 heteroatoms. The Morgan fingerprint density at radius 2 is 0.824 bits per heavy atom. The number of fused-ring (bicyclic) bond motifs is 2. The largest absolute Gasteiger partial charge is 0.491 e. The molecular weight excluding hydrogens is 432 g/mol. The molecule has 4 aromatic rings. The van der Waals surface area contributed by atoms with Gasteiger partial charge in [-0.3, -0.25) is 0 Å². The van der Waals surface area contributed by atoms with E-state index in [2.05, 4.69) is 0 Å². The monoisotopic (exact) mass is 458 g/mol. The lowest BCUT2D eigenvalue weighted by molar-refractivity contribution is 0.217. The Morgan fingerprint density at radius 3 is 1.15 bits per heavy atom. The van der Waals surface area contributed by atoms with E-state index >= 15 is 0 Å². The van der Waals surface area contributed by atoms with Gasteiger partial charge in [0.25, 0.3) is 0 Å². The molecule has 174 valence electrons. The first-order chi connectivity index (χ1) is 16.8. The summed E-state index contributed by atoms with van der Waals surface area (Å²) in [6.45, 7) is 3.73. The third kappa shape index (κ3) is 5.35. The predicted octanol–water partition coefficient (Wildman–Crippen LogP) is 5.01. The molecule has 2 aliphatic rings. The number of ether oxygens (including phenoxy) is 6. The number of hydrogen-bond donors (Lipinski definition) is 0. The quantitative estimate of drug-likeness (QED) is 0.233. The van der Waals surface area contributed by atoms with Crippen molar-refractivity contribution in [2.75, 3.05) is 39.6 Å². The molecule has 0 radical (unpaired) electrons. The first-order valence-corrected chi connectivity index (χ1v) is 11.6. The van der Waals surface area contributed by atoms with Crippen LogP contribution in [0.15, 0.2) is 72.8 Å². The van der Waals surface area contributed by atoms with E-state index in [9.17, 15) is 0 Å². The molecule has 2 aliphatic heterocycles. The summed E-state index contributed by atoms with van der Waals surface area (Å²) in [4.78, 5) is 0. The summed E-state index contributed by atoms with van der Waals surface area (Å²) in [5.41, 5.74) is 0. The standard InChI is InChI=1S/C28H26O6/c1-5-23(11-19-3-7-25(13-21(1)19)31-15-27-17-33-27)29-9-10-30-24-6-2-22-14-26(8-4-20(22)12-24)32-16-28-18-34-28/h1-8,11-14,27-28H,9-10,15-18H2. The smallest absolute Gasteiger partial charge is 0.122 e. The number of hydrogen-bond acceptors (Lipinski definition) is 6. The van der Waals surface area contributed by atoms with Gasteiger partial charge in [0.05, 0.1) is 13.2 Å². The summed E-state index contributed by atoms with van der Waals surface area (Å²) in [7, 11) is 0. The fourth-order valence-electron chi connectivity index (χ4n) is 3.79. The van der Waals surface area contributed by atoms with E-state index in [0.717, 1.165) is 57.8 Å². The normalized spacial score (nSPS) is 18.6. The predicted molar refractivity (Wildman–Crippen MR) is 129 cm³/mol. The van der Waals surface area contributed by atoms with Gasteiger partial charge in [-0.2, -0.15) is 0 Å². The zero-order valence-electron chi connectivity index (χ0n) is 18.8. The van der Waals surface area contributed by atoms with Gasteiger partial charge >= 0.3 is 0 Å². The molecule has 2 fully saturated rings. The van der Waals surface area contributed by atoms with Crippen molar-refractivity contribution in [1.29, 1.82) is 0 Å². The number of rotatable bonds is 11. The molecule has 4 aromatic carbocycles. The maximum atomic E-state index is 5.91. The molecule has 0 aromatic heterocycles. The summed E-state index contributed by atoms with van der Waals surface area (Å²) in [6.07, 6.45) is 0.506. The van der Waals surface area contributed by atoms with Gasteiger partial charge in [-0.1, -0.05) is 24.3 Å². The Balaban J connectivity index is 1.00. The molecule has 0 spiro atoms. The van der Waals surface area contributed by atoms with Gasteiger partial charge in [0.1, 0.15) is 61.6 Å². The lowest BCUT2D eigenvalue weighted by atomic mass is 10.1. The SMILES string of the molecule is c1cc2cc(OCC3CO3)ccc2cc1OCCOc1ccc2cc(OCC3CO3)ccc2c1. The molecule has 0 bridgehead atoms. The topological polar surface area (TPSA) is 62.0 Å². The first-order valence-electron chi connectivity index (χ1n) is 11.6. The second-order valence-corrected chi connectivity index (χ2v) is 8.57. The molecule has 0 saturated carbocycles. The van der Waals surface area contributed by atoms with Gasteiger partial charge in [-0.05, 0) is 70.1 Å². The Kier molecular flexibility index (Phi) is 5.83. The second-order valence-electron chi connectivity index (χ2n) is 8.57. The average molecular weight is 459 g/mol. The Bertz CT molecular complexity index is 1190. The van der Waals surface area contributed by atoms with E-state index in [1.54, 1.807) is 0 Å². The van der Waals surface area contributed by atoms with Crippen LogP contribution in [0.2, 0.25) is 0 Å². The second kappa shape index (κ2) is 9.41. The van der Waals surface area contributed by atoms with Crippen LogP contribution < -0.4 is 18.9 Å². The lowest BCUT2D eigenvalue weighted by Gasteiger charge is -2.11. The van der Waals surface area contributed by atoms with Crippen molar-refractivity contribution in [3.05, 3.63) is 72.8 Å². The summed E-state index contributed by atoms with van der Waals surface area (Å²) in [5.74, 6) is 3.35. The van der Waals surface area contributed by atoms with Gasteiger partial charge in [0.15, 0.2) is 0 Å². The first kappa shape index (κ1) is 21.1. The highest BCUT2D eigenvalue weighted by atomic mass is 16.6. The summed E-state index contributed by atoms with van der Waals surface area (Å²) in [5, 5.41) is 4.44. The average Bonchev–Trinajstić information content (AvgIpc) is 3.79. The molecular formula is C28H26O6. The Labute approximate surface area is 197 Å². The zero-order chi connectivity index (χ0) is 22.7. The number of epoxide rings is 2. The number of benzene rings is 4. The minimum absolute atomic E-state index is 0.253. The van der Waals surface area contributed by atoms with Crippen molar-refractivity contribution in [1.82, 2.24) is 0 Å². The highest BCUT2D eigenvalue weighted by molar-refractivity contribution is 5.86. The van der Waals surface area contributed by atoms with Crippen molar-refractivity contribution in [3.63, 3.8) is 0 Å². The Hall–Kier alpha value is -3.48. The van der Waals surface area contributed by atoms with Crippen LogP contribution in [0.3, 0.4) is 0 Å². The summed E-state index contributed by atoms with van der Waals surface area (Å²) < 4.78 is 33.7. The molecule has 6 rings (SSSR count). The highest BCUT2D eigenvalue weighted by Crippen LogP contribution is 2.27. The van der Waals surface area contributed by atoms with E-state index in [1.807, 2.05) is 72.8 Å². The molecule has 0 aliphatic carbocycles. The van der Waals surface area contributed by atoms with Crippen molar-refractivity contribution in [2.24, 2.45) is 0 Å². The molecule has 2 saturated heterocycles. The van der Waals surface area contributed by atoms with Gasteiger partial charge < -0.3 is 28.4 Å². The Morgan fingerprint density at radius 1 is 0.500 bits per heavy atom. The summed E-state index contributed by atoms with van der Waals surface area (Å²) >= 11 is 0. The van der Waals surface area contributed by atoms with Crippen LogP contribution >= 0.6 is 0 Å². The van der Waals surface area contributed by atoms with Crippen molar-refractivity contribution < 1.29 is 28.4 Å². The minimum atomic E-state index is 0.253. The van der Waals surface area contributed by atoms with Crippen molar-refractivity contribution >= 4 is 21.5 Å². The van der Waals surface area contributed by atoms with Crippen LogP contribution in [0.25, 0.3) is 21.5 Å². The highest BCUT2D eigenvalue weighted by Gasteiger charge is 2.23. The molecule has 6 nitrogen and oxygen atoms in total. The van der Waals surface area contributed by atoms with Crippen LogP contribution in [-0.4, -0.2) is 51.8 Å². The fourth-order valence-corrected chi connectivity index (χ4v) is 3.79. The summed E-state index contributed by atoms with van der Waals surface area (Å²) in [6, 6.07) is 24.3.